The smallest absolute Gasteiger partial charge is 0.223 e. The predicted molar refractivity (Wildman–Crippen MR) is 75.8 cm³/mol. The predicted octanol–water partition coefficient (Wildman–Crippen LogP) is 3.41. The largest absolute Gasteiger partial charge is 0.368 e. The molecule has 2 fully saturated rings. The normalized spacial score (nSPS) is 28.1. The minimum Gasteiger partial charge on any atom is -0.368 e. The van der Waals surface area contributed by atoms with Gasteiger partial charge < -0.3 is 5.73 Å². The third kappa shape index (κ3) is 2.72. The molecular weight excluding hydrogens is 236 g/mol. The van der Waals surface area contributed by atoms with Crippen molar-refractivity contribution in [3.63, 3.8) is 0 Å². The van der Waals surface area contributed by atoms with Crippen LogP contribution in [0.4, 0.5) is 5.95 Å². The summed E-state index contributed by atoms with van der Waals surface area (Å²) in [5.41, 5.74) is 5.90. The zero-order valence-electron chi connectivity index (χ0n) is 11.8. The summed E-state index contributed by atoms with van der Waals surface area (Å²) in [5.74, 6) is 4.22. The highest BCUT2D eigenvalue weighted by atomic mass is 15.1. The molecule has 4 heteroatoms. The molecule has 4 nitrogen and oxygen atoms in total. The molecule has 1 aromatic heterocycles. The van der Waals surface area contributed by atoms with Gasteiger partial charge in [0, 0.05) is 11.8 Å². The van der Waals surface area contributed by atoms with Gasteiger partial charge in [0.2, 0.25) is 5.95 Å². The molecule has 2 aliphatic rings. The molecule has 0 radical (unpaired) electrons. The van der Waals surface area contributed by atoms with E-state index in [4.69, 9.17) is 10.7 Å². The third-order valence-corrected chi connectivity index (χ3v) is 4.89. The van der Waals surface area contributed by atoms with Gasteiger partial charge in [-0.1, -0.05) is 26.2 Å². The lowest BCUT2D eigenvalue weighted by atomic mass is 10.0. The molecule has 2 atom stereocenters. The van der Waals surface area contributed by atoms with Crippen LogP contribution in [-0.4, -0.2) is 15.0 Å². The minimum absolute atomic E-state index is 0.423. The third-order valence-electron chi connectivity index (χ3n) is 4.89. The van der Waals surface area contributed by atoms with Crippen molar-refractivity contribution in [2.45, 2.75) is 70.1 Å². The van der Waals surface area contributed by atoms with Gasteiger partial charge in [0.05, 0.1) is 0 Å². The highest BCUT2D eigenvalue weighted by molar-refractivity contribution is 5.20. The number of aromatic nitrogens is 3. The highest BCUT2D eigenvalue weighted by Crippen LogP contribution is 2.39. The van der Waals surface area contributed by atoms with Crippen molar-refractivity contribution >= 4 is 5.95 Å². The second-order valence-corrected chi connectivity index (χ2v) is 6.18. The van der Waals surface area contributed by atoms with Crippen LogP contribution >= 0.6 is 0 Å². The minimum atomic E-state index is 0.423. The van der Waals surface area contributed by atoms with Gasteiger partial charge in [0.25, 0.3) is 0 Å². The number of nitrogen functional groups attached to an aromatic ring is 1. The standard InChI is InChI=1S/C15H24N4/c1-2-10-7-8-12(9-10)14-17-13(18-15(16)19-14)11-5-3-4-6-11/h10-12H,2-9H2,1H3,(H2,16,17,18,19). The van der Waals surface area contributed by atoms with E-state index < -0.39 is 0 Å². The molecule has 19 heavy (non-hydrogen) atoms. The molecule has 3 rings (SSSR count). The van der Waals surface area contributed by atoms with Crippen molar-refractivity contribution in [3.05, 3.63) is 11.6 Å². The van der Waals surface area contributed by atoms with E-state index in [1.54, 1.807) is 0 Å². The SMILES string of the molecule is CCC1CCC(c2nc(N)nc(C3CCCC3)n2)C1. The Morgan fingerprint density at radius 2 is 1.63 bits per heavy atom. The molecule has 0 amide bonds. The molecule has 0 spiro atoms. The summed E-state index contributed by atoms with van der Waals surface area (Å²) in [6.07, 6.45) is 10.0. The maximum atomic E-state index is 5.90. The first kappa shape index (κ1) is 12.8. The van der Waals surface area contributed by atoms with Crippen molar-refractivity contribution in [1.82, 2.24) is 15.0 Å². The van der Waals surface area contributed by atoms with Crippen LogP contribution in [0.3, 0.4) is 0 Å². The van der Waals surface area contributed by atoms with Gasteiger partial charge in [0.1, 0.15) is 11.6 Å². The summed E-state index contributed by atoms with van der Waals surface area (Å²) in [6.45, 7) is 2.28. The Morgan fingerprint density at radius 3 is 2.26 bits per heavy atom. The first-order valence-electron chi connectivity index (χ1n) is 7.77. The molecule has 1 aromatic rings. The van der Waals surface area contributed by atoms with Gasteiger partial charge in [-0.25, -0.2) is 4.98 Å². The number of hydrogen-bond acceptors (Lipinski definition) is 4. The van der Waals surface area contributed by atoms with Crippen LogP contribution < -0.4 is 5.73 Å². The van der Waals surface area contributed by atoms with E-state index in [0.29, 0.717) is 17.8 Å². The fourth-order valence-electron chi connectivity index (χ4n) is 3.66. The maximum absolute atomic E-state index is 5.90. The van der Waals surface area contributed by atoms with Crippen molar-refractivity contribution < 1.29 is 0 Å². The highest BCUT2D eigenvalue weighted by Gasteiger charge is 2.28. The Bertz CT molecular complexity index is 440. The lowest BCUT2D eigenvalue weighted by Gasteiger charge is -2.13. The van der Waals surface area contributed by atoms with Gasteiger partial charge >= 0.3 is 0 Å². The first-order chi connectivity index (χ1) is 9.26. The zero-order chi connectivity index (χ0) is 13.2. The van der Waals surface area contributed by atoms with Crippen LogP contribution in [0.2, 0.25) is 0 Å². The number of nitrogens with two attached hydrogens (primary N) is 1. The molecule has 2 aliphatic carbocycles. The average molecular weight is 260 g/mol. The van der Waals surface area contributed by atoms with Crippen molar-refractivity contribution in [1.29, 1.82) is 0 Å². The van der Waals surface area contributed by atoms with Crippen LogP contribution in [0.25, 0.3) is 0 Å². The molecule has 0 aromatic carbocycles. The quantitative estimate of drug-likeness (QED) is 0.904. The summed E-state index contributed by atoms with van der Waals surface area (Å²) in [4.78, 5) is 13.6. The summed E-state index contributed by atoms with van der Waals surface area (Å²) >= 11 is 0. The Balaban J connectivity index is 1.81. The Morgan fingerprint density at radius 1 is 0.947 bits per heavy atom. The van der Waals surface area contributed by atoms with Crippen LogP contribution in [0, 0.1) is 5.92 Å². The Kier molecular flexibility index (Phi) is 3.67. The van der Waals surface area contributed by atoms with Crippen LogP contribution in [0.1, 0.15) is 81.8 Å². The first-order valence-corrected chi connectivity index (χ1v) is 7.77. The number of nitrogens with zero attached hydrogens (tertiary/aromatic N) is 3. The average Bonchev–Trinajstić information content (AvgIpc) is 3.09. The molecule has 0 aliphatic heterocycles. The van der Waals surface area contributed by atoms with Gasteiger partial charge in [-0.3, -0.25) is 0 Å². The number of anilines is 1. The molecule has 0 bridgehead atoms. The number of rotatable bonds is 3. The monoisotopic (exact) mass is 260 g/mol. The van der Waals surface area contributed by atoms with E-state index in [1.165, 1.54) is 51.4 Å². The summed E-state index contributed by atoms with van der Waals surface area (Å²) < 4.78 is 0. The molecule has 104 valence electrons. The lowest BCUT2D eigenvalue weighted by molar-refractivity contribution is 0.514. The fraction of sp³-hybridized carbons (Fsp3) is 0.800. The van der Waals surface area contributed by atoms with E-state index in [2.05, 4.69) is 16.9 Å². The lowest BCUT2D eigenvalue weighted by Crippen LogP contribution is -2.12. The van der Waals surface area contributed by atoms with E-state index >= 15 is 0 Å². The van der Waals surface area contributed by atoms with Gasteiger partial charge in [0.15, 0.2) is 0 Å². The van der Waals surface area contributed by atoms with Gasteiger partial charge in [-0.15, -0.1) is 0 Å². The molecule has 0 saturated heterocycles. The van der Waals surface area contributed by atoms with E-state index in [0.717, 1.165) is 17.6 Å². The summed E-state index contributed by atoms with van der Waals surface area (Å²) in [7, 11) is 0. The van der Waals surface area contributed by atoms with E-state index in [1.807, 2.05) is 0 Å². The van der Waals surface area contributed by atoms with Crippen LogP contribution in [-0.2, 0) is 0 Å². The van der Waals surface area contributed by atoms with Crippen LogP contribution in [0.15, 0.2) is 0 Å². The molecule has 2 unspecified atom stereocenters. The van der Waals surface area contributed by atoms with Crippen LogP contribution in [0.5, 0.6) is 0 Å². The summed E-state index contributed by atoms with van der Waals surface area (Å²) in [5, 5.41) is 0. The van der Waals surface area contributed by atoms with Gasteiger partial charge in [-0.2, -0.15) is 9.97 Å². The van der Waals surface area contributed by atoms with E-state index in [9.17, 15) is 0 Å². The topological polar surface area (TPSA) is 64.7 Å². The molecule has 1 heterocycles. The summed E-state index contributed by atoms with van der Waals surface area (Å²) in [6, 6.07) is 0. The second kappa shape index (κ2) is 5.43. The molecule has 2 saturated carbocycles. The fourth-order valence-corrected chi connectivity index (χ4v) is 3.66. The zero-order valence-corrected chi connectivity index (χ0v) is 11.8. The maximum Gasteiger partial charge on any atom is 0.223 e. The van der Waals surface area contributed by atoms with Crippen molar-refractivity contribution in [2.24, 2.45) is 5.92 Å². The molecular formula is C15H24N4. The number of hydrogen-bond donors (Lipinski definition) is 1. The molecule has 2 N–H and O–H groups in total. The second-order valence-electron chi connectivity index (χ2n) is 6.18. The Labute approximate surface area is 115 Å². The van der Waals surface area contributed by atoms with Gasteiger partial charge in [-0.05, 0) is 38.0 Å². The van der Waals surface area contributed by atoms with Crippen molar-refractivity contribution in [2.75, 3.05) is 5.73 Å². The Hall–Kier alpha value is -1.19. The van der Waals surface area contributed by atoms with Crippen molar-refractivity contribution in [3.8, 4) is 0 Å². The van der Waals surface area contributed by atoms with E-state index in [-0.39, 0.29) is 0 Å².